The van der Waals surface area contributed by atoms with Gasteiger partial charge >= 0.3 is 6.18 Å². The van der Waals surface area contributed by atoms with Gasteiger partial charge in [-0.15, -0.1) is 0 Å². The van der Waals surface area contributed by atoms with Crippen LogP contribution >= 0.6 is 23.2 Å². The van der Waals surface area contributed by atoms with Gasteiger partial charge in [0.05, 0.1) is 37.5 Å². The number of alkyl halides is 3. The van der Waals surface area contributed by atoms with Crippen molar-refractivity contribution in [2.45, 2.75) is 44.3 Å². The third-order valence-corrected chi connectivity index (χ3v) is 6.90. The van der Waals surface area contributed by atoms with Gasteiger partial charge < -0.3 is 14.5 Å². The van der Waals surface area contributed by atoms with Gasteiger partial charge in [-0.05, 0) is 24.3 Å². The Balaban J connectivity index is 1.41. The number of hydrogen-bond donors (Lipinski definition) is 0. The van der Waals surface area contributed by atoms with Crippen LogP contribution in [-0.2, 0) is 32.2 Å². The molecule has 11 heteroatoms. The lowest BCUT2D eigenvalue weighted by atomic mass is 9.85. The van der Waals surface area contributed by atoms with Gasteiger partial charge in [-0.3, -0.25) is 4.79 Å². The van der Waals surface area contributed by atoms with E-state index in [1.54, 1.807) is 17.0 Å². The van der Waals surface area contributed by atoms with Crippen LogP contribution in [0.5, 0.6) is 0 Å². The first-order valence-corrected chi connectivity index (χ1v) is 11.4. The SMILES string of the molecule is CC(C)C(=O)N1CC2(C1)OCc1nc(C3=NOC(c4cc(Cl)cc(Cl)c4)(C(F)(F)F)C3)ccc12. The van der Waals surface area contributed by atoms with Gasteiger partial charge in [0.25, 0.3) is 5.60 Å². The number of aromatic nitrogens is 1. The lowest BCUT2D eigenvalue weighted by Gasteiger charge is -2.48. The van der Waals surface area contributed by atoms with Gasteiger partial charge in [-0.25, -0.2) is 4.98 Å². The minimum atomic E-state index is -4.78. The minimum Gasteiger partial charge on any atom is -0.374 e. The summed E-state index contributed by atoms with van der Waals surface area (Å²) >= 11 is 11.9. The highest BCUT2D eigenvalue weighted by atomic mass is 35.5. The molecule has 2 aromatic rings. The van der Waals surface area contributed by atoms with E-state index in [1.807, 2.05) is 13.8 Å². The molecule has 1 fully saturated rings. The number of hydrogen-bond acceptors (Lipinski definition) is 5. The van der Waals surface area contributed by atoms with Crippen molar-refractivity contribution >= 4 is 34.8 Å². The van der Waals surface area contributed by atoms with E-state index >= 15 is 0 Å². The molecule has 1 aromatic heterocycles. The smallest absolute Gasteiger partial charge is 0.374 e. The zero-order valence-electron chi connectivity index (χ0n) is 18.2. The Bertz CT molecular complexity index is 1190. The number of nitrogens with zero attached hydrogens (tertiary/aromatic N) is 3. The van der Waals surface area contributed by atoms with Gasteiger partial charge in [-0.2, -0.15) is 13.2 Å². The molecule has 1 aromatic carbocycles. The Morgan fingerprint density at radius 3 is 2.44 bits per heavy atom. The molecule has 0 radical (unpaired) electrons. The Morgan fingerprint density at radius 1 is 1.15 bits per heavy atom. The van der Waals surface area contributed by atoms with Crippen LogP contribution in [0.4, 0.5) is 13.2 Å². The van der Waals surface area contributed by atoms with E-state index in [1.165, 1.54) is 18.2 Å². The van der Waals surface area contributed by atoms with Crippen LogP contribution in [0, 0.1) is 5.92 Å². The van der Waals surface area contributed by atoms with Gasteiger partial charge in [-0.1, -0.05) is 48.3 Å². The van der Waals surface area contributed by atoms with Crippen molar-refractivity contribution in [1.82, 2.24) is 9.88 Å². The maximum absolute atomic E-state index is 14.2. The molecule has 180 valence electrons. The fourth-order valence-corrected chi connectivity index (χ4v) is 5.18. The molecule has 1 saturated heterocycles. The molecule has 34 heavy (non-hydrogen) atoms. The molecule has 1 spiro atoms. The second kappa shape index (κ2) is 7.83. The first-order chi connectivity index (χ1) is 15.9. The van der Waals surface area contributed by atoms with Crippen molar-refractivity contribution in [3.63, 3.8) is 0 Å². The van der Waals surface area contributed by atoms with Crippen LogP contribution in [0.2, 0.25) is 10.0 Å². The maximum atomic E-state index is 14.2. The second-order valence-corrected chi connectivity index (χ2v) is 9.98. The molecule has 1 amide bonds. The zero-order valence-corrected chi connectivity index (χ0v) is 19.8. The third-order valence-electron chi connectivity index (χ3n) is 6.46. The van der Waals surface area contributed by atoms with Crippen molar-refractivity contribution in [2.24, 2.45) is 11.1 Å². The summed E-state index contributed by atoms with van der Waals surface area (Å²) in [5, 5.41) is 3.89. The maximum Gasteiger partial charge on any atom is 0.435 e. The molecule has 1 atom stereocenters. The van der Waals surface area contributed by atoms with Gasteiger partial charge in [0.2, 0.25) is 5.91 Å². The average Bonchev–Trinajstić information content (AvgIpc) is 3.34. The summed E-state index contributed by atoms with van der Waals surface area (Å²) in [6, 6.07) is 7.10. The number of carbonyl (C=O) groups excluding carboxylic acids is 1. The number of benzene rings is 1. The standard InChI is InChI=1S/C23H20Cl2F3N3O3/c1-12(2)20(32)31-10-21(11-31)16-3-4-17(29-19(16)9-33-21)18-8-22(34-30-18,23(26,27)28)13-5-14(24)7-15(25)6-13/h3-7,12H,8-11H2,1-2H3. The summed E-state index contributed by atoms with van der Waals surface area (Å²) in [7, 11) is 0. The highest BCUT2D eigenvalue weighted by Gasteiger charge is 2.62. The number of fused-ring (bicyclic) bond motifs is 2. The van der Waals surface area contributed by atoms with Crippen LogP contribution in [-0.4, -0.2) is 40.8 Å². The number of halogens is 5. The molecule has 5 rings (SSSR count). The third kappa shape index (κ3) is 3.56. The lowest BCUT2D eigenvalue weighted by molar-refractivity contribution is -0.275. The zero-order chi connectivity index (χ0) is 24.5. The highest BCUT2D eigenvalue weighted by molar-refractivity contribution is 6.34. The van der Waals surface area contributed by atoms with E-state index in [0.717, 1.165) is 5.56 Å². The molecule has 6 nitrogen and oxygen atoms in total. The summed E-state index contributed by atoms with van der Waals surface area (Å²) in [6.45, 7) is 4.74. The number of pyridine rings is 1. The molecule has 1 unspecified atom stereocenters. The van der Waals surface area contributed by atoms with Crippen molar-refractivity contribution < 1.29 is 27.5 Å². The van der Waals surface area contributed by atoms with Crippen LogP contribution in [0.15, 0.2) is 35.5 Å². The largest absolute Gasteiger partial charge is 0.435 e. The Kier molecular flexibility index (Phi) is 5.38. The van der Waals surface area contributed by atoms with Crippen LogP contribution in [0.1, 0.15) is 42.8 Å². The molecule has 3 aliphatic rings. The number of likely N-dealkylation sites (tertiary alicyclic amines) is 1. The summed E-state index contributed by atoms with van der Waals surface area (Å²) in [6.07, 6.45) is -5.36. The van der Waals surface area contributed by atoms with Crippen molar-refractivity contribution in [3.05, 3.63) is 62.9 Å². The van der Waals surface area contributed by atoms with E-state index in [-0.39, 0.29) is 45.4 Å². The van der Waals surface area contributed by atoms with Crippen molar-refractivity contribution in [2.75, 3.05) is 13.1 Å². The van der Waals surface area contributed by atoms with Crippen LogP contribution < -0.4 is 0 Å². The van der Waals surface area contributed by atoms with E-state index in [9.17, 15) is 18.0 Å². The quantitative estimate of drug-likeness (QED) is 0.566. The monoisotopic (exact) mass is 513 g/mol. The Hall–Kier alpha value is -2.36. The predicted octanol–water partition coefficient (Wildman–Crippen LogP) is 5.19. The Labute approximate surface area is 203 Å². The van der Waals surface area contributed by atoms with Gasteiger partial charge in [0, 0.05) is 27.1 Å². The van der Waals surface area contributed by atoms with Crippen LogP contribution in [0.3, 0.4) is 0 Å². The summed E-state index contributed by atoms with van der Waals surface area (Å²) in [5.41, 5.74) is -1.79. The number of carbonyl (C=O) groups is 1. The van der Waals surface area contributed by atoms with Crippen molar-refractivity contribution in [3.8, 4) is 0 Å². The lowest BCUT2D eigenvalue weighted by Crippen LogP contribution is -2.62. The summed E-state index contributed by atoms with van der Waals surface area (Å²) in [4.78, 5) is 23.5. The van der Waals surface area contributed by atoms with Crippen LogP contribution in [0.25, 0.3) is 0 Å². The fraction of sp³-hybridized carbons (Fsp3) is 0.435. The van der Waals surface area contributed by atoms with Gasteiger partial charge in [0.1, 0.15) is 11.3 Å². The van der Waals surface area contributed by atoms with E-state index in [0.29, 0.717) is 18.8 Å². The number of amides is 1. The second-order valence-electron chi connectivity index (χ2n) is 9.11. The molecule has 3 aliphatic heterocycles. The molecule has 0 bridgehead atoms. The van der Waals surface area contributed by atoms with E-state index in [4.69, 9.17) is 32.8 Å². The predicted molar refractivity (Wildman–Crippen MR) is 119 cm³/mol. The highest BCUT2D eigenvalue weighted by Crippen LogP contribution is 2.50. The number of rotatable bonds is 3. The molecule has 0 saturated carbocycles. The van der Waals surface area contributed by atoms with Crippen molar-refractivity contribution in [1.29, 1.82) is 0 Å². The number of ether oxygens (including phenoxy) is 1. The first kappa shape index (κ1) is 23.4. The normalized spacial score (nSPS) is 23.1. The molecular formula is C23H20Cl2F3N3O3. The number of oxime groups is 1. The first-order valence-electron chi connectivity index (χ1n) is 10.7. The average molecular weight is 514 g/mol. The molecule has 0 aliphatic carbocycles. The van der Waals surface area contributed by atoms with Gasteiger partial charge in [0.15, 0.2) is 0 Å². The summed E-state index contributed by atoms with van der Waals surface area (Å²) < 4.78 is 48.7. The topological polar surface area (TPSA) is 64.0 Å². The minimum absolute atomic E-state index is 0.0503. The molecule has 0 N–H and O–H groups in total. The fourth-order valence-electron chi connectivity index (χ4n) is 4.65. The van der Waals surface area contributed by atoms with E-state index in [2.05, 4.69) is 10.1 Å². The Morgan fingerprint density at radius 2 is 1.82 bits per heavy atom. The molecular weight excluding hydrogens is 494 g/mol. The summed E-state index contributed by atoms with van der Waals surface area (Å²) in [5.74, 6) is -0.0586. The molecule has 4 heterocycles. The van der Waals surface area contributed by atoms with E-state index < -0.39 is 23.8 Å².